The van der Waals surface area contributed by atoms with Crippen LogP contribution in [0.1, 0.15) is 111 Å². The summed E-state index contributed by atoms with van der Waals surface area (Å²) in [6, 6.07) is 6.49. The number of rotatable bonds is 25. The molecule has 67 heavy (non-hydrogen) atoms. The van der Waals surface area contributed by atoms with Gasteiger partial charge in [0.05, 0.1) is 36.6 Å². The summed E-state index contributed by atoms with van der Waals surface area (Å²) in [5, 5.41) is 5.83. The number of likely N-dealkylation sites (N-methyl/N-ethyl adjacent to an activating group) is 1. The minimum absolute atomic E-state index is 0.0148. The Morgan fingerprint density at radius 1 is 0.910 bits per heavy atom. The van der Waals surface area contributed by atoms with Gasteiger partial charge in [0.15, 0.2) is 0 Å². The van der Waals surface area contributed by atoms with Gasteiger partial charge in [-0.15, -0.1) is 0 Å². The summed E-state index contributed by atoms with van der Waals surface area (Å²) >= 11 is 0. The Kier molecular flexibility index (Phi) is 19.7. The summed E-state index contributed by atoms with van der Waals surface area (Å²) in [6.45, 7) is 10.2. The number of benzene rings is 1. The number of hydrogen-bond donors (Lipinski definition) is 3. The van der Waals surface area contributed by atoms with Crippen molar-refractivity contribution in [3.05, 3.63) is 48.0 Å². The Morgan fingerprint density at radius 3 is 2.21 bits per heavy atom. The lowest BCUT2D eigenvalue weighted by Crippen LogP contribution is -2.60. The summed E-state index contributed by atoms with van der Waals surface area (Å²) < 4.78 is 24.3. The lowest BCUT2D eigenvalue weighted by molar-refractivity contribution is -0.149. The van der Waals surface area contributed by atoms with Crippen LogP contribution in [-0.4, -0.2) is 148 Å². The van der Waals surface area contributed by atoms with Gasteiger partial charge in [0, 0.05) is 65.4 Å². The molecular weight excluding hydrogens is 880 g/mol. The molecule has 17 nitrogen and oxygen atoms in total. The number of likely N-dealkylation sites (tertiary alicyclic amines) is 2. The summed E-state index contributed by atoms with van der Waals surface area (Å²) in [5.41, 5.74) is 0.813. The molecule has 0 aromatic heterocycles. The number of piperidine rings is 1. The minimum Gasteiger partial charge on any atom is -0.379 e. The molecule has 1 unspecified atom stereocenters. The molecule has 1 aliphatic carbocycles. The van der Waals surface area contributed by atoms with Gasteiger partial charge in [-0.2, -0.15) is 0 Å². The molecule has 3 heterocycles. The average Bonchev–Trinajstić information content (AvgIpc) is 4.13. The third kappa shape index (κ3) is 13.0. The third-order valence-corrected chi connectivity index (χ3v) is 15.6. The van der Waals surface area contributed by atoms with Crippen LogP contribution in [0.3, 0.4) is 0 Å². The van der Waals surface area contributed by atoms with Gasteiger partial charge in [-0.1, -0.05) is 77.8 Å². The van der Waals surface area contributed by atoms with Gasteiger partial charge in [0.25, 0.3) is 11.8 Å². The van der Waals surface area contributed by atoms with Crippen LogP contribution in [0, 0.1) is 23.7 Å². The van der Waals surface area contributed by atoms with Crippen molar-refractivity contribution in [3.8, 4) is 0 Å². The van der Waals surface area contributed by atoms with E-state index >= 15 is 0 Å². The highest BCUT2D eigenvalue weighted by molar-refractivity contribution is 7.38. The van der Waals surface area contributed by atoms with E-state index in [1.165, 1.54) is 31.3 Å². The minimum atomic E-state index is -3.14. The number of nitrogens with one attached hydrogen (secondary N) is 2. The SMILES string of the molecule is CC[C@H](C)[C@@H]([C@@H](CC(=O)N1CCC[C@H]1[C@H](OC)[C@@H](C)C(=O)N[C@@H](Cc1ccccc1)[PH](=O)O)OC)N(C)C(=O)[C@@H](NC(=O)[C@@H]1[C@H]2CC[C@H](C2)N1C(=O)CCCCCN1C(=O)C=CC1=O)C(C)C. The van der Waals surface area contributed by atoms with Gasteiger partial charge in [-0.25, -0.2) is 0 Å². The van der Waals surface area contributed by atoms with Gasteiger partial charge >= 0.3 is 0 Å². The first-order valence-electron chi connectivity index (χ1n) is 24.3. The number of amides is 7. The Bertz CT molecular complexity index is 1950. The fraction of sp³-hybridized carbons (Fsp3) is 0.694. The van der Waals surface area contributed by atoms with E-state index in [9.17, 15) is 43.0 Å². The molecule has 2 bridgehead atoms. The molecule has 1 aromatic rings. The predicted molar refractivity (Wildman–Crippen MR) is 252 cm³/mol. The van der Waals surface area contributed by atoms with Crippen LogP contribution in [0.25, 0.3) is 0 Å². The Balaban J connectivity index is 1.22. The van der Waals surface area contributed by atoms with Crippen molar-refractivity contribution in [1.29, 1.82) is 0 Å². The van der Waals surface area contributed by atoms with Gasteiger partial charge in [0.1, 0.15) is 17.9 Å². The molecule has 12 atom stereocenters. The number of fused-ring (bicyclic) bond motifs is 2. The molecule has 1 aromatic carbocycles. The normalized spacial score (nSPS) is 23.8. The van der Waals surface area contributed by atoms with Gasteiger partial charge < -0.3 is 39.7 Å². The van der Waals surface area contributed by atoms with Crippen molar-refractivity contribution in [1.82, 2.24) is 30.2 Å². The van der Waals surface area contributed by atoms with E-state index in [-0.39, 0.29) is 78.5 Å². The van der Waals surface area contributed by atoms with Crippen LogP contribution in [0.5, 0.6) is 0 Å². The van der Waals surface area contributed by atoms with Crippen molar-refractivity contribution in [2.24, 2.45) is 23.7 Å². The summed E-state index contributed by atoms with van der Waals surface area (Å²) in [7, 11) is 1.56. The van der Waals surface area contributed by atoms with Crippen LogP contribution in [-0.2, 0) is 54.0 Å². The first kappa shape index (κ1) is 53.5. The third-order valence-electron chi connectivity index (χ3n) is 14.7. The molecule has 3 N–H and O–H groups in total. The van der Waals surface area contributed by atoms with E-state index in [2.05, 4.69) is 10.6 Å². The first-order valence-corrected chi connectivity index (χ1v) is 25.7. The lowest BCUT2D eigenvalue weighted by Gasteiger charge is -2.41. The Morgan fingerprint density at radius 2 is 1.60 bits per heavy atom. The molecule has 0 spiro atoms. The molecule has 1 saturated carbocycles. The monoisotopic (exact) mass is 955 g/mol. The quantitative estimate of drug-likeness (QED) is 0.0723. The highest BCUT2D eigenvalue weighted by Crippen LogP contribution is 2.43. The van der Waals surface area contributed by atoms with Crippen LogP contribution >= 0.6 is 8.03 Å². The fourth-order valence-electron chi connectivity index (χ4n) is 10.8. The molecule has 18 heteroatoms. The largest absolute Gasteiger partial charge is 0.379 e. The zero-order valence-electron chi connectivity index (χ0n) is 40.7. The van der Waals surface area contributed by atoms with E-state index in [4.69, 9.17) is 9.47 Å². The van der Waals surface area contributed by atoms with Crippen molar-refractivity contribution in [2.75, 3.05) is 34.4 Å². The van der Waals surface area contributed by atoms with Gasteiger partial charge in [0.2, 0.25) is 37.6 Å². The van der Waals surface area contributed by atoms with Crippen molar-refractivity contribution < 1.29 is 52.5 Å². The second-order valence-corrected chi connectivity index (χ2v) is 20.7. The summed E-state index contributed by atoms with van der Waals surface area (Å²) in [6.07, 6.45) is 7.50. The van der Waals surface area contributed by atoms with Crippen molar-refractivity contribution >= 4 is 49.4 Å². The maximum atomic E-state index is 14.7. The Hall–Kier alpha value is -4.44. The number of ether oxygens (including phenoxy) is 2. The van der Waals surface area contributed by atoms with E-state index in [0.29, 0.717) is 51.6 Å². The number of carbonyl (C=O) groups excluding carboxylic acids is 7. The zero-order valence-corrected chi connectivity index (χ0v) is 41.7. The number of nitrogens with zero attached hydrogens (tertiary/aromatic N) is 4. The number of carbonyl (C=O) groups is 7. The maximum Gasteiger partial charge on any atom is 0.253 e. The smallest absolute Gasteiger partial charge is 0.253 e. The standard InChI is InChI=1S/C49H75N6O11P/c1-9-31(4)44(37(65-7)29-42(59)53-26-16-19-36(53)46(66-8)32(5)47(60)50-38(67(63)64)27-33-17-12-10-13-18-33)52(6)49(62)43(30(2)3)51-48(61)45-34-21-22-35(28-34)55(45)41(58)20-14-11-15-25-54-39(56)23-24-40(54)57/h10,12-13,17-18,23-24,30-32,34-38,43-46,67H,9,11,14-16,19-22,25-29H2,1-8H3,(H,50,60)(H,51,61)(H,63,64)/t31-,32+,34-,35+,36-,37+,38+,43-,44-,45-,46+/m0/s1. The summed E-state index contributed by atoms with van der Waals surface area (Å²) in [5.74, 6) is -4.29. The molecule has 3 fully saturated rings. The van der Waals surface area contributed by atoms with Crippen LogP contribution in [0.2, 0.25) is 0 Å². The second kappa shape index (κ2) is 24.7. The topological polar surface area (TPSA) is 212 Å². The molecule has 5 rings (SSSR count). The molecule has 7 amide bonds. The van der Waals surface area contributed by atoms with Crippen LogP contribution < -0.4 is 10.6 Å². The molecule has 3 aliphatic heterocycles. The highest BCUT2D eigenvalue weighted by atomic mass is 31.1. The predicted octanol–water partition coefficient (Wildman–Crippen LogP) is 4.06. The molecule has 4 aliphatic rings. The summed E-state index contributed by atoms with van der Waals surface area (Å²) in [4.78, 5) is 111. The fourth-order valence-corrected chi connectivity index (χ4v) is 11.5. The first-order chi connectivity index (χ1) is 31.9. The second-order valence-electron chi connectivity index (χ2n) is 19.4. The molecular formula is C49H75N6O11P. The van der Waals surface area contributed by atoms with E-state index in [1.54, 1.807) is 28.7 Å². The van der Waals surface area contributed by atoms with Gasteiger partial charge in [-0.3, -0.25) is 43.0 Å². The zero-order chi connectivity index (χ0) is 49.1. The number of imide groups is 1. The highest BCUT2D eigenvalue weighted by Gasteiger charge is 2.52. The Labute approximate surface area is 396 Å². The molecule has 372 valence electrons. The van der Waals surface area contributed by atoms with Crippen LogP contribution in [0.15, 0.2) is 42.5 Å². The van der Waals surface area contributed by atoms with Crippen molar-refractivity contribution in [3.63, 3.8) is 0 Å². The number of unbranched alkanes of at least 4 members (excludes halogenated alkanes) is 2. The average molecular weight is 955 g/mol. The molecule has 0 radical (unpaired) electrons. The number of hydrogen-bond acceptors (Lipinski definition) is 10. The lowest BCUT2D eigenvalue weighted by atomic mass is 9.89. The van der Waals surface area contributed by atoms with E-state index in [1.807, 2.05) is 58.0 Å². The van der Waals surface area contributed by atoms with Gasteiger partial charge in [-0.05, 0) is 68.3 Å². The van der Waals surface area contributed by atoms with E-state index in [0.717, 1.165) is 24.8 Å². The van der Waals surface area contributed by atoms with Crippen molar-refractivity contribution in [2.45, 2.75) is 160 Å². The maximum absolute atomic E-state index is 14.7. The van der Waals surface area contributed by atoms with Crippen LogP contribution in [0.4, 0.5) is 0 Å². The molecule has 2 saturated heterocycles. The number of methoxy groups -OCH3 is 2. The van der Waals surface area contributed by atoms with E-state index < -0.39 is 62.0 Å².